The Morgan fingerprint density at radius 1 is 0.971 bits per heavy atom. The van der Waals surface area contributed by atoms with Crippen molar-refractivity contribution in [1.29, 1.82) is 0 Å². The van der Waals surface area contributed by atoms with E-state index in [2.05, 4.69) is 14.8 Å². The number of aromatic nitrogens is 3. The van der Waals surface area contributed by atoms with Gasteiger partial charge >= 0.3 is 6.01 Å². The lowest BCUT2D eigenvalue weighted by Crippen LogP contribution is -2.13. The molecule has 0 aliphatic rings. The average molecular weight is 485 g/mol. The maximum absolute atomic E-state index is 13.8. The van der Waals surface area contributed by atoms with Gasteiger partial charge in [-0.25, -0.2) is 21.9 Å². The van der Waals surface area contributed by atoms with Gasteiger partial charge in [-0.1, -0.05) is 26.0 Å². The smallest absolute Gasteiger partial charge is 0.336 e. The van der Waals surface area contributed by atoms with Crippen molar-refractivity contribution in [2.24, 2.45) is 5.92 Å². The van der Waals surface area contributed by atoms with Crippen LogP contribution in [0.25, 0.3) is 17.1 Å². The molecule has 34 heavy (non-hydrogen) atoms. The maximum Gasteiger partial charge on any atom is 0.336 e. The van der Waals surface area contributed by atoms with Gasteiger partial charge in [-0.05, 0) is 66.6 Å². The van der Waals surface area contributed by atoms with Crippen LogP contribution in [0.4, 0.5) is 14.5 Å². The van der Waals surface area contributed by atoms with Crippen LogP contribution in [0, 0.1) is 17.6 Å². The monoisotopic (exact) mass is 484 g/mol. The van der Waals surface area contributed by atoms with Crippen molar-refractivity contribution in [3.63, 3.8) is 0 Å². The second-order valence-electron chi connectivity index (χ2n) is 7.95. The summed E-state index contributed by atoms with van der Waals surface area (Å²) >= 11 is 0. The molecule has 4 rings (SSSR count). The minimum Gasteiger partial charge on any atom is -0.462 e. The first-order chi connectivity index (χ1) is 16.2. The van der Waals surface area contributed by atoms with Crippen molar-refractivity contribution in [3.05, 3.63) is 84.4 Å². The lowest BCUT2D eigenvalue weighted by atomic mass is 10.2. The third-order valence-corrected chi connectivity index (χ3v) is 6.10. The van der Waals surface area contributed by atoms with Crippen molar-refractivity contribution in [3.8, 4) is 23.1 Å². The molecule has 1 aromatic heterocycles. The summed E-state index contributed by atoms with van der Waals surface area (Å²) in [7, 11) is -3.89. The molecule has 0 aliphatic heterocycles. The molecule has 1 N–H and O–H groups in total. The molecule has 10 heteroatoms. The molecule has 4 aromatic rings. The summed E-state index contributed by atoms with van der Waals surface area (Å²) in [6.45, 7) is 4.41. The van der Waals surface area contributed by atoms with Crippen LogP contribution in [0.1, 0.15) is 13.8 Å². The van der Waals surface area contributed by atoms with Crippen molar-refractivity contribution < 1.29 is 21.9 Å². The Morgan fingerprint density at radius 2 is 1.68 bits per heavy atom. The summed E-state index contributed by atoms with van der Waals surface area (Å²) in [6.07, 6.45) is 0. The lowest BCUT2D eigenvalue weighted by Gasteiger charge is -2.10. The second kappa shape index (κ2) is 9.60. The van der Waals surface area contributed by atoms with Crippen molar-refractivity contribution in [1.82, 2.24) is 14.8 Å². The summed E-state index contributed by atoms with van der Waals surface area (Å²) in [5, 5.41) is 4.41. The Balaban J connectivity index is 1.64. The second-order valence-corrected chi connectivity index (χ2v) is 9.63. The number of hydrogen-bond acceptors (Lipinski definition) is 5. The number of halogens is 2. The van der Waals surface area contributed by atoms with E-state index in [1.807, 2.05) is 13.8 Å². The zero-order chi connectivity index (χ0) is 24.3. The van der Waals surface area contributed by atoms with Crippen LogP contribution in [-0.2, 0) is 10.0 Å². The van der Waals surface area contributed by atoms with Gasteiger partial charge in [0.2, 0.25) is 0 Å². The van der Waals surface area contributed by atoms with Crippen LogP contribution in [-0.4, -0.2) is 29.8 Å². The van der Waals surface area contributed by atoms with Crippen molar-refractivity contribution in [2.45, 2.75) is 18.7 Å². The fourth-order valence-corrected chi connectivity index (χ4v) is 4.15. The molecule has 0 saturated heterocycles. The highest BCUT2D eigenvalue weighted by atomic mass is 32.2. The molecule has 0 fully saturated rings. The predicted molar refractivity (Wildman–Crippen MR) is 124 cm³/mol. The van der Waals surface area contributed by atoms with Crippen LogP contribution in [0.5, 0.6) is 6.01 Å². The van der Waals surface area contributed by atoms with E-state index in [-0.39, 0.29) is 16.8 Å². The highest BCUT2D eigenvalue weighted by molar-refractivity contribution is 7.92. The SMILES string of the molecule is CC(C)COc1nc(-c2cccc(F)c2)n(-c2ccc(NS(=O)(=O)c3ccc(F)cc3)cc2)n1. The zero-order valence-electron chi connectivity index (χ0n) is 18.4. The number of anilines is 1. The highest BCUT2D eigenvalue weighted by Gasteiger charge is 2.17. The average Bonchev–Trinajstić information content (AvgIpc) is 3.23. The van der Waals surface area contributed by atoms with E-state index < -0.39 is 21.7 Å². The first-order valence-electron chi connectivity index (χ1n) is 10.5. The topological polar surface area (TPSA) is 86.1 Å². The molecule has 0 spiro atoms. The maximum atomic E-state index is 13.8. The number of benzene rings is 3. The van der Waals surface area contributed by atoms with Crippen molar-refractivity contribution >= 4 is 15.7 Å². The molecule has 0 unspecified atom stereocenters. The number of ether oxygens (including phenoxy) is 1. The summed E-state index contributed by atoms with van der Waals surface area (Å²) in [5.41, 5.74) is 1.38. The van der Waals surface area contributed by atoms with Gasteiger partial charge < -0.3 is 4.74 Å². The molecule has 0 bridgehead atoms. The van der Waals surface area contributed by atoms with E-state index in [4.69, 9.17) is 4.74 Å². The Labute approximate surface area is 196 Å². The first kappa shape index (κ1) is 23.4. The number of sulfonamides is 1. The minimum atomic E-state index is -3.89. The molecule has 0 radical (unpaired) electrons. The predicted octanol–water partition coefficient (Wildman–Crippen LogP) is 5.05. The minimum absolute atomic E-state index is 0.0606. The van der Waals surface area contributed by atoms with Gasteiger partial charge in [0.25, 0.3) is 10.0 Å². The standard InChI is InChI=1S/C24H22F2N4O3S/c1-16(2)15-33-24-27-23(17-4-3-5-19(26)14-17)30(28-24)21-10-8-20(9-11-21)29-34(31,32)22-12-6-18(25)7-13-22/h3-14,16,29H,15H2,1-2H3. The van der Waals surface area contributed by atoms with Gasteiger partial charge in [-0.3, -0.25) is 4.72 Å². The molecule has 7 nitrogen and oxygen atoms in total. The van der Waals surface area contributed by atoms with E-state index in [1.54, 1.807) is 36.4 Å². The van der Waals surface area contributed by atoms with E-state index >= 15 is 0 Å². The zero-order valence-corrected chi connectivity index (χ0v) is 19.3. The third-order valence-electron chi connectivity index (χ3n) is 4.70. The first-order valence-corrected chi connectivity index (χ1v) is 11.9. The number of rotatable bonds is 8. The van der Waals surface area contributed by atoms with Crippen LogP contribution in [0.15, 0.2) is 77.7 Å². The van der Waals surface area contributed by atoms with E-state index in [0.29, 0.717) is 29.4 Å². The molecule has 3 aromatic carbocycles. The number of nitrogens with one attached hydrogen (secondary N) is 1. The number of nitrogens with zero attached hydrogens (tertiary/aromatic N) is 3. The molecular formula is C24H22F2N4O3S. The molecular weight excluding hydrogens is 462 g/mol. The van der Waals surface area contributed by atoms with Gasteiger partial charge in [-0.15, -0.1) is 5.10 Å². The van der Waals surface area contributed by atoms with Gasteiger partial charge in [0, 0.05) is 11.3 Å². The molecule has 0 saturated carbocycles. The Bertz CT molecular complexity index is 1390. The fourth-order valence-electron chi connectivity index (χ4n) is 3.09. The fraction of sp³-hybridized carbons (Fsp3) is 0.167. The van der Waals surface area contributed by atoms with Crippen molar-refractivity contribution in [2.75, 3.05) is 11.3 Å². The summed E-state index contributed by atoms with van der Waals surface area (Å²) in [6, 6.07) is 17.0. The highest BCUT2D eigenvalue weighted by Crippen LogP contribution is 2.26. The van der Waals surface area contributed by atoms with Crippen LogP contribution >= 0.6 is 0 Å². The largest absolute Gasteiger partial charge is 0.462 e. The van der Waals surface area contributed by atoms with Crippen LogP contribution < -0.4 is 9.46 Å². The molecule has 0 amide bonds. The summed E-state index contributed by atoms with van der Waals surface area (Å²) < 4.78 is 61.7. The molecule has 0 aliphatic carbocycles. The third kappa shape index (κ3) is 5.40. The van der Waals surface area contributed by atoms with Gasteiger partial charge in [0.1, 0.15) is 11.6 Å². The molecule has 1 heterocycles. The number of hydrogen-bond donors (Lipinski definition) is 1. The van der Waals surface area contributed by atoms with Gasteiger partial charge in [0.05, 0.1) is 17.2 Å². The summed E-state index contributed by atoms with van der Waals surface area (Å²) in [5.74, 6) is -0.305. The quantitative estimate of drug-likeness (QED) is 0.378. The molecule has 0 atom stereocenters. The van der Waals surface area contributed by atoms with Gasteiger partial charge in [-0.2, -0.15) is 4.98 Å². The Hall–Kier alpha value is -3.79. The van der Waals surface area contributed by atoms with E-state index in [9.17, 15) is 17.2 Å². The normalized spacial score (nSPS) is 11.6. The van der Waals surface area contributed by atoms with E-state index in [0.717, 1.165) is 12.1 Å². The van der Waals surface area contributed by atoms with Crippen LogP contribution in [0.2, 0.25) is 0 Å². The van der Waals surface area contributed by atoms with Crippen LogP contribution in [0.3, 0.4) is 0 Å². The lowest BCUT2D eigenvalue weighted by molar-refractivity contribution is 0.251. The van der Waals surface area contributed by atoms with E-state index in [1.165, 1.54) is 28.9 Å². The molecule has 176 valence electrons. The Morgan fingerprint density at radius 3 is 2.32 bits per heavy atom. The Kier molecular flexibility index (Phi) is 6.60. The van der Waals surface area contributed by atoms with Gasteiger partial charge in [0.15, 0.2) is 5.82 Å². The summed E-state index contributed by atoms with van der Waals surface area (Å²) in [4.78, 5) is 4.36.